The number of hydrogen-bond donors (Lipinski definition) is 2. The number of aromatic nitrogens is 2. The van der Waals surface area contributed by atoms with Gasteiger partial charge in [-0.05, 0) is 31.0 Å². The Morgan fingerprint density at radius 2 is 2.32 bits per heavy atom. The molecule has 1 aromatic heterocycles. The van der Waals surface area contributed by atoms with Gasteiger partial charge in [0.1, 0.15) is 0 Å². The second-order valence-electron chi connectivity index (χ2n) is 5.52. The van der Waals surface area contributed by atoms with Crippen LogP contribution in [0.4, 0.5) is 0 Å². The number of aromatic amines is 1. The lowest BCUT2D eigenvalue weighted by Gasteiger charge is -2.09. The minimum Gasteiger partial charge on any atom is -0.352 e. The molecule has 3 rings (SSSR count). The van der Waals surface area contributed by atoms with E-state index in [0.717, 1.165) is 16.6 Å². The van der Waals surface area contributed by atoms with Crippen molar-refractivity contribution in [3.63, 3.8) is 0 Å². The first-order chi connectivity index (χ1) is 10.4. The van der Waals surface area contributed by atoms with E-state index >= 15 is 0 Å². The number of fused-ring (bicyclic) bond motifs is 1. The maximum absolute atomic E-state index is 11.9. The number of H-pyrrole nitrogens is 1. The fourth-order valence-corrected chi connectivity index (χ4v) is 4.85. The summed E-state index contributed by atoms with van der Waals surface area (Å²) in [7, 11) is -2.97. The number of sulfone groups is 1. The second-order valence-corrected chi connectivity index (χ2v) is 8.71. The Kier molecular flexibility index (Phi) is 4.14. The fraction of sp³-hybridized carbons (Fsp3) is 0.429. The lowest BCUT2D eigenvalue weighted by Crippen LogP contribution is -2.36. The average molecular weight is 339 g/mol. The lowest BCUT2D eigenvalue weighted by molar-refractivity contribution is -0.119. The monoisotopic (exact) mass is 339 g/mol. The van der Waals surface area contributed by atoms with E-state index in [1.807, 2.05) is 25.1 Å². The second kappa shape index (κ2) is 5.92. The standard InChI is InChI=1S/C14H17N3O3S2/c1-9-2-3-11-12(6-9)17-14(16-11)21-7-13(18)15-10-4-5-22(19,20)8-10/h2-3,6,10H,4-5,7-8H2,1H3,(H,15,18)(H,16,17)/t10-/m0/s1. The fourth-order valence-electron chi connectivity index (χ4n) is 2.48. The van der Waals surface area contributed by atoms with Gasteiger partial charge in [-0.15, -0.1) is 0 Å². The maximum atomic E-state index is 11.9. The first-order valence-electron chi connectivity index (χ1n) is 7.00. The van der Waals surface area contributed by atoms with Crippen LogP contribution in [0.1, 0.15) is 12.0 Å². The van der Waals surface area contributed by atoms with E-state index in [9.17, 15) is 13.2 Å². The highest BCUT2D eigenvalue weighted by Crippen LogP contribution is 2.20. The minimum absolute atomic E-state index is 0.0489. The van der Waals surface area contributed by atoms with Gasteiger partial charge in [-0.3, -0.25) is 4.79 Å². The molecule has 1 atom stereocenters. The number of nitrogens with one attached hydrogen (secondary N) is 2. The predicted octanol–water partition coefficient (Wildman–Crippen LogP) is 1.27. The van der Waals surface area contributed by atoms with Crippen molar-refractivity contribution in [3.8, 4) is 0 Å². The summed E-state index contributed by atoms with van der Waals surface area (Å²) in [5.41, 5.74) is 2.97. The van der Waals surface area contributed by atoms with Crippen LogP contribution in [0.15, 0.2) is 23.4 Å². The van der Waals surface area contributed by atoms with Crippen LogP contribution >= 0.6 is 11.8 Å². The first kappa shape index (κ1) is 15.4. The summed E-state index contributed by atoms with van der Waals surface area (Å²) in [5.74, 6) is 0.264. The summed E-state index contributed by atoms with van der Waals surface area (Å²) in [6, 6.07) is 5.69. The molecule has 0 unspecified atom stereocenters. The number of thioether (sulfide) groups is 1. The molecule has 118 valence electrons. The highest BCUT2D eigenvalue weighted by molar-refractivity contribution is 7.99. The molecule has 1 aliphatic heterocycles. The molecule has 8 heteroatoms. The van der Waals surface area contributed by atoms with Gasteiger partial charge in [0.25, 0.3) is 0 Å². The summed E-state index contributed by atoms with van der Waals surface area (Å²) in [6.45, 7) is 2.01. The molecule has 0 spiro atoms. The normalized spacial score (nSPS) is 20.3. The first-order valence-corrected chi connectivity index (χ1v) is 9.81. The Morgan fingerprint density at radius 1 is 1.50 bits per heavy atom. The van der Waals surface area contributed by atoms with Crippen LogP contribution in [-0.4, -0.2) is 47.6 Å². The van der Waals surface area contributed by atoms with Gasteiger partial charge >= 0.3 is 0 Å². The molecule has 1 aliphatic rings. The summed E-state index contributed by atoms with van der Waals surface area (Å²) in [4.78, 5) is 19.5. The van der Waals surface area contributed by atoms with Crippen LogP contribution in [-0.2, 0) is 14.6 Å². The summed E-state index contributed by atoms with van der Waals surface area (Å²) in [6.07, 6.45) is 0.503. The smallest absolute Gasteiger partial charge is 0.230 e. The lowest BCUT2D eigenvalue weighted by atomic mass is 10.2. The molecule has 0 saturated carbocycles. The van der Waals surface area contributed by atoms with Gasteiger partial charge in [0.2, 0.25) is 5.91 Å². The van der Waals surface area contributed by atoms with Crippen molar-refractivity contribution in [3.05, 3.63) is 23.8 Å². The van der Waals surface area contributed by atoms with Crippen molar-refractivity contribution in [2.75, 3.05) is 17.3 Å². The van der Waals surface area contributed by atoms with E-state index in [-0.39, 0.29) is 29.2 Å². The molecule has 0 aliphatic carbocycles. The van der Waals surface area contributed by atoms with Crippen molar-refractivity contribution < 1.29 is 13.2 Å². The zero-order chi connectivity index (χ0) is 15.7. The number of imidazole rings is 1. The molecular formula is C14H17N3O3S2. The molecule has 22 heavy (non-hydrogen) atoms. The Bertz CT molecular complexity index is 814. The van der Waals surface area contributed by atoms with Gasteiger partial charge in [0.15, 0.2) is 15.0 Å². The number of aryl methyl sites for hydroxylation is 1. The Morgan fingerprint density at radius 3 is 3.05 bits per heavy atom. The third-order valence-corrected chi connectivity index (χ3v) is 6.19. The Balaban J connectivity index is 1.56. The van der Waals surface area contributed by atoms with E-state index < -0.39 is 9.84 Å². The third-order valence-electron chi connectivity index (χ3n) is 3.55. The topological polar surface area (TPSA) is 91.9 Å². The van der Waals surface area contributed by atoms with Crippen LogP contribution in [0.25, 0.3) is 11.0 Å². The predicted molar refractivity (Wildman–Crippen MR) is 86.8 cm³/mol. The minimum atomic E-state index is -2.97. The Hall–Kier alpha value is -1.54. The Labute approximate surface area is 133 Å². The van der Waals surface area contributed by atoms with Gasteiger partial charge < -0.3 is 10.3 Å². The van der Waals surface area contributed by atoms with Crippen molar-refractivity contribution in [1.29, 1.82) is 0 Å². The van der Waals surface area contributed by atoms with Gasteiger partial charge in [-0.1, -0.05) is 17.8 Å². The molecule has 0 bridgehead atoms. The van der Waals surface area contributed by atoms with Crippen molar-refractivity contribution in [2.24, 2.45) is 0 Å². The maximum Gasteiger partial charge on any atom is 0.230 e. The molecule has 6 nitrogen and oxygen atoms in total. The van der Waals surface area contributed by atoms with Crippen molar-refractivity contribution >= 4 is 38.5 Å². The van der Waals surface area contributed by atoms with E-state index in [1.165, 1.54) is 11.8 Å². The molecule has 1 aromatic carbocycles. The molecule has 1 fully saturated rings. The van der Waals surface area contributed by atoms with Gasteiger partial charge in [0, 0.05) is 6.04 Å². The zero-order valence-corrected chi connectivity index (χ0v) is 13.8. The van der Waals surface area contributed by atoms with E-state index in [4.69, 9.17) is 0 Å². The number of carbonyl (C=O) groups is 1. The van der Waals surface area contributed by atoms with Crippen LogP contribution in [0.5, 0.6) is 0 Å². The third kappa shape index (κ3) is 3.61. The summed E-state index contributed by atoms with van der Waals surface area (Å²) >= 11 is 1.32. The van der Waals surface area contributed by atoms with Crippen LogP contribution < -0.4 is 5.32 Å². The number of benzene rings is 1. The molecule has 1 amide bonds. The van der Waals surface area contributed by atoms with Gasteiger partial charge in [-0.2, -0.15) is 0 Å². The highest BCUT2D eigenvalue weighted by atomic mass is 32.2. The van der Waals surface area contributed by atoms with Crippen LogP contribution in [0.2, 0.25) is 0 Å². The summed E-state index contributed by atoms with van der Waals surface area (Å²) < 4.78 is 22.7. The van der Waals surface area contributed by atoms with E-state index in [0.29, 0.717) is 11.6 Å². The highest BCUT2D eigenvalue weighted by Gasteiger charge is 2.28. The van der Waals surface area contributed by atoms with Crippen LogP contribution in [0.3, 0.4) is 0 Å². The number of amides is 1. The van der Waals surface area contributed by atoms with Gasteiger partial charge in [0.05, 0.1) is 28.3 Å². The number of nitrogens with zero attached hydrogens (tertiary/aromatic N) is 1. The number of carbonyl (C=O) groups excluding carboxylic acids is 1. The molecule has 1 saturated heterocycles. The van der Waals surface area contributed by atoms with E-state index in [2.05, 4.69) is 15.3 Å². The zero-order valence-electron chi connectivity index (χ0n) is 12.1. The molecule has 2 aromatic rings. The quantitative estimate of drug-likeness (QED) is 0.819. The van der Waals surface area contributed by atoms with Crippen molar-refractivity contribution in [2.45, 2.75) is 24.5 Å². The number of hydrogen-bond acceptors (Lipinski definition) is 5. The van der Waals surface area contributed by atoms with Gasteiger partial charge in [-0.25, -0.2) is 13.4 Å². The molecule has 0 radical (unpaired) electrons. The number of rotatable bonds is 4. The SMILES string of the molecule is Cc1ccc2nc(SCC(=O)N[C@H]3CCS(=O)(=O)C3)[nH]c2c1. The van der Waals surface area contributed by atoms with E-state index in [1.54, 1.807) is 0 Å². The molecule has 2 heterocycles. The largest absolute Gasteiger partial charge is 0.352 e. The van der Waals surface area contributed by atoms with Crippen LogP contribution in [0, 0.1) is 6.92 Å². The molecular weight excluding hydrogens is 322 g/mol. The molecule has 2 N–H and O–H groups in total. The van der Waals surface area contributed by atoms with Crippen molar-refractivity contribution in [1.82, 2.24) is 15.3 Å². The average Bonchev–Trinajstić information content (AvgIpc) is 2.98. The summed E-state index contributed by atoms with van der Waals surface area (Å²) in [5, 5.41) is 3.46.